The van der Waals surface area contributed by atoms with Crippen LogP contribution in [0.3, 0.4) is 0 Å². The molecule has 1 aromatic carbocycles. The first-order chi connectivity index (χ1) is 9.24. The Hall–Kier alpha value is -1.09. The molecule has 1 spiro atoms. The minimum atomic E-state index is -0.207. The van der Waals surface area contributed by atoms with Crippen molar-refractivity contribution in [1.82, 2.24) is 5.32 Å². The van der Waals surface area contributed by atoms with Crippen molar-refractivity contribution in [2.45, 2.75) is 50.7 Å². The molecule has 3 heteroatoms. The predicted molar refractivity (Wildman–Crippen MR) is 73.8 cm³/mol. The van der Waals surface area contributed by atoms with E-state index in [4.69, 9.17) is 4.74 Å². The Morgan fingerprint density at radius 1 is 1.16 bits per heavy atom. The fourth-order valence-corrected chi connectivity index (χ4v) is 3.88. The molecule has 2 aliphatic rings. The SMILES string of the molecule is CNC1CC(Oc2ccc(F)cc2)C12CCCCC2. The van der Waals surface area contributed by atoms with Crippen LogP contribution in [0.25, 0.3) is 0 Å². The molecular weight excluding hydrogens is 241 g/mol. The van der Waals surface area contributed by atoms with Crippen LogP contribution in [0.4, 0.5) is 4.39 Å². The summed E-state index contributed by atoms with van der Waals surface area (Å²) < 4.78 is 19.0. The summed E-state index contributed by atoms with van der Waals surface area (Å²) in [6, 6.07) is 6.99. The lowest BCUT2D eigenvalue weighted by molar-refractivity contribution is -0.100. The molecule has 0 aliphatic heterocycles. The smallest absolute Gasteiger partial charge is 0.123 e. The van der Waals surface area contributed by atoms with E-state index in [9.17, 15) is 4.39 Å². The van der Waals surface area contributed by atoms with Gasteiger partial charge in [0.1, 0.15) is 17.7 Å². The lowest BCUT2D eigenvalue weighted by atomic mass is 9.55. The van der Waals surface area contributed by atoms with Crippen LogP contribution in [0.1, 0.15) is 38.5 Å². The van der Waals surface area contributed by atoms with Gasteiger partial charge in [-0.1, -0.05) is 19.3 Å². The minimum Gasteiger partial charge on any atom is -0.490 e. The van der Waals surface area contributed by atoms with Crippen LogP contribution < -0.4 is 10.1 Å². The van der Waals surface area contributed by atoms with E-state index >= 15 is 0 Å². The zero-order chi connectivity index (χ0) is 13.3. The van der Waals surface area contributed by atoms with Crippen molar-refractivity contribution in [3.8, 4) is 5.75 Å². The monoisotopic (exact) mass is 263 g/mol. The number of halogens is 1. The Kier molecular flexibility index (Phi) is 3.48. The standard InChI is InChI=1S/C16H22FNO/c1-18-14-11-15(16(14)9-3-2-4-10-16)19-13-7-5-12(17)6-8-13/h5-8,14-15,18H,2-4,9-11H2,1H3. The first-order valence-corrected chi connectivity index (χ1v) is 7.34. The zero-order valence-electron chi connectivity index (χ0n) is 11.5. The summed E-state index contributed by atoms with van der Waals surface area (Å²) in [5, 5.41) is 3.45. The molecule has 19 heavy (non-hydrogen) atoms. The number of nitrogens with one attached hydrogen (secondary N) is 1. The van der Waals surface area contributed by atoms with E-state index in [0.717, 1.165) is 12.2 Å². The van der Waals surface area contributed by atoms with E-state index in [1.165, 1.54) is 44.2 Å². The van der Waals surface area contributed by atoms with Gasteiger partial charge in [-0.25, -0.2) is 4.39 Å². The van der Waals surface area contributed by atoms with E-state index in [-0.39, 0.29) is 11.9 Å². The molecular formula is C16H22FNO. The van der Waals surface area contributed by atoms with Gasteiger partial charge in [0.2, 0.25) is 0 Å². The highest BCUT2D eigenvalue weighted by molar-refractivity contribution is 5.24. The zero-order valence-corrected chi connectivity index (χ0v) is 11.5. The van der Waals surface area contributed by atoms with E-state index in [0.29, 0.717) is 11.5 Å². The van der Waals surface area contributed by atoms with Crippen molar-refractivity contribution in [1.29, 1.82) is 0 Å². The van der Waals surface area contributed by atoms with Crippen molar-refractivity contribution < 1.29 is 9.13 Å². The lowest BCUT2D eigenvalue weighted by Gasteiger charge is -2.57. The molecule has 0 aromatic heterocycles. The van der Waals surface area contributed by atoms with Crippen LogP contribution in [0.5, 0.6) is 5.75 Å². The van der Waals surface area contributed by atoms with Gasteiger partial charge in [0, 0.05) is 17.9 Å². The van der Waals surface area contributed by atoms with Crippen molar-refractivity contribution in [2.24, 2.45) is 5.41 Å². The van der Waals surface area contributed by atoms with Crippen LogP contribution in [-0.4, -0.2) is 19.2 Å². The first kappa shape index (κ1) is 12.9. The quantitative estimate of drug-likeness (QED) is 0.901. The Labute approximate surface area is 114 Å². The third kappa shape index (κ3) is 2.25. The molecule has 2 saturated carbocycles. The average molecular weight is 263 g/mol. The molecule has 0 saturated heterocycles. The minimum absolute atomic E-state index is 0.207. The summed E-state index contributed by atoms with van der Waals surface area (Å²) in [6.07, 6.45) is 7.82. The van der Waals surface area contributed by atoms with Crippen LogP contribution in [0.15, 0.2) is 24.3 Å². The van der Waals surface area contributed by atoms with Crippen LogP contribution >= 0.6 is 0 Å². The molecule has 3 rings (SSSR count). The maximum atomic E-state index is 12.9. The number of hydrogen-bond donors (Lipinski definition) is 1. The van der Waals surface area contributed by atoms with E-state index in [1.54, 1.807) is 12.1 Å². The third-order valence-electron chi connectivity index (χ3n) is 5.01. The summed E-state index contributed by atoms with van der Waals surface area (Å²) in [6.45, 7) is 0. The first-order valence-electron chi connectivity index (χ1n) is 7.34. The topological polar surface area (TPSA) is 21.3 Å². The number of ether oxygens (including phenoxy) is 1. The van der Waals surface area contributed by atoms with E-state index in [1.807, 2.05) is 0 Å². The molecule has 104 valence electrons. The second-order valence-electron chi connectivity index (χ2n) is 5.93. The van der Waals surface area contributed by atoms with Gasteiger partial charge in [-0.15, -0.1) is 0 Å². The number of hydrogen-bond acceptors (Lipinski definition) is 2. The molecule has 2 atom stereocenters. The molecule has 2 unspecified atom stereocenters. The summed E-state index contributed by atoms with van der Waals surface area (Å²) in [5.41, 5.74) is 0.307. The molecule has 0 amide bonds. The summed E-state index contributed by atoms with van der Waals surface area (Å²) in [4.78, 5) is 0. The second kappa shape index (κ2) is 5.12. The van der Waals surface area contributed by atoms with Gasteiger partial charge in [-0.3, -0.25) is 0 Å². The highest BCUT2D eigenvalue weighted by Gasteiger charge is 2.55. The normalized spacial score (nSPS) is 28.9. The molecule has 1 aromatic rings. The van der Waals surface area contributed by atoms with Gasteiger partial charge in [-0.05, 0) is 44.2 Å². The maximum absolute atomic E-state index is 12.9. The van der Waals surface area contributed by atoms with Gasteiger partial charge in [0.05, 0.1) is 0 Å². The Bertz CT molecular complexity index is 425. The maximum Gasteiger partial charge on any atom is 0.123 e. The molecule has 2 nitrogen and oxygen atoms in total. The summed E-state index contributed by atoms with van der Waals surface area (Å²) in [7, 11) is 2.05. The second-order valence-corrected chi connectivity index (χ2v) is 5.93. The Morgan fingerprint density at radius 3 is 2.47 bits per heavy atom. The van der Waals surface area contributed by atoms with Crippen molar-refractivity contribution in [3.63, 3.8) is 0 Å². The fourth-order valence-electron chi connectivity index (χ4n) is 3.88. The van der Waals surface area contributed by atoms with Gasteiger partial charge in [0.15, 0.2) is 0 Å². The molecule has 2 aliphatic carbocycles. The highest BCUT2D eigenvalue weighted by atomic mass is 19.1. The molecule has 1 N–H and O–H groups in total. The summed E-state index contributed by atoms with van der Waals surface area (Å²) in [5.74, 6) is 0.590. The van der Waals surface area contributed by atoms with Gasteiger partial charge in [0.25, 0.3) is 0 Å². The Morgan fingerprint density at radius 2 is 1.84 bits per heavy atom. The molecule has 0 radical (unpaired) electrons. The van der Waals surface area contributed by atoms with Crippen LogP contribution in [0, 0.1) is 11.2 Å². The lowest BCUT2D eigenvalue weighted by Crippen LogP contribution is -2.64. The average Bonchev–Trinajstić information content (AvgIpc) is 2.46. The highest BCUT2D eigenvalue weighted by Crippen LogP contribution is 2.53. The Balaban J connectivity index is 1.72. The summed E-state index contributed by atoms with van der Waals surface area (Å²) >= 11 is 0. The van der Waals surface area contributed by atoms with Crippen LogP contribution in [0.2, 0.25) is 0 Å². The van der Waals surface area contributed by atoms with E-state index < -0.39 is 0 Å². The van der Waals surface area contributed by atoms with Crippen molar-refractivity contribution >= 4 is 0 Å². The fraction of sp³-hybridized carbons (Fsp3) is 0.625. The van der Waals surface area contributed by atoms with Gasteiger partial charge >= 0.3 is 0 Å². The van der Waals surface area contributed by atoms with Crippen LogP contribution in [-0.2, 0) is 0 Å². The molecule has 0 bridgehead atoms. The largest absolute Gasteiger partial charge is 0.490 e. The van der Waals surface area contributed by atoms with Gasteiger partial charge < -0.3 is 10.1 Å². The molecule has 2 fully saturated rings. The number of rotatable bonds is 3. The molecule has 0 heterocycles. The van der Waals surface area contributed by atoms with Crippen molar-refractivity contribution in [2.75, 3.05) is 7.05 Å². The van der Waals surface area contributed by atoms with Gasteiger partial charge in [-0.2, -0.15) is 0 Å². The predicted octanol–water partition coefficient (Wildman–Crippen LogP) is 3.52. The third-order valence-corrected chi connectivity index (χ3v) is 5.01. The van der Waals surface area contributed by atoms with E-state index in [2.05, 4.69) is 12.4 Å². The number of benzene rings is 1. The van der Waals surface area contributed by atoms with Crippen molar-refractivity contribution in [3.05, 3.63) is 30.1 Å².